The Labute approximate surface area is 145 Å². The minimum absolute atomic E-state index is 0.196. The van der Waals surface area contributed by atoms with Crippen molar-refractivity contribution >= 4 is 5.69 Å². The van der Waals surface area contributed by atoms with E-state index in [-0.39, 0.29) is 6.10 Å². The van der Waals surface area contributed by atoms with Crippen LogP contribution in [0.5, 0.6) is 11.5 Å². The van der Waals surface area contributed by atoms with Gasteiger partial charge in [-0.05, 0) is 37.3 Å². The van der Waals surface area contributed by atoms with Crippen LogP contribution >= 0.6 is 0 Å². The Balaban J connectivity index is 1.56. The molecule has 0 unspecified atom stereocenters. The smallest absolute Gasteiger partial charge is 0.247 e. The van der Waals surface area contributed by atoms with E-state index in [0.717, 1.165) is 34.7 Å². The summed E-state index contributed by atoms with van der Waals surface area (Å²) in [5.74, 6) is 2.32. The second kappa shape index (κ2) is 6.47. The van der Waals surface area contributed by atoms with Gasteiger partial charge in [0.05, 0.1) is 7.11 Å². The maximum Gasteiger partial charge on any atom is 0.247 e. The van der Waals surface area contributed by atoms with Gasteiger partial charge in [-0.3, -0.25) is 0 Å². The molecule has 0 saturated carbocycles. The van der Waals surface area contributed by atoms with Crippen molar-refractivity contribution in [3.63, 3.8) is 0 Å². The Kier molecular flexibility index (Phi) is 4.01. The van der Waals surface area contributed by atoms with Crippen LogP contribution in [0, 0.1) is 0 Å². The van der Waals surface area contributed by atoms with Crippen molar-refractivity contribution < 1.29 is 13.9 Å². The molecular weight excluding hydrogens is 318 g/mol. The van der Waals surface area contributed by atoms with E-state index in [4.69, 9.17) is 13.9 Å². The fourth-order valence-corrected chi connectivity index (χ4v) is 3.09. The molecule has 6 heteroatoms. The largest absolute Gasteiger partial charge is 0.497 e. The topological polar surface area (TPSA) is 69.4 Å². The molecule has 0 radical (unpaired) electrons. The first-order valence-corrected chi connectivity index (χ1v) is 8.20. The van der Waals surface area contributed by atoms with Gasteiger partial charge in [0.2, 0.25) is 12.3 Å². The number of hydrogen-bond acceptors (Lipinski definition) is 6. The first kappa shape index (κ1) is 15.5. The molecule has 3 aromatic rings. The summed E-state index contributed by atoms with van der Waals surface area (Å²) in [6, 6.07) is 12.0. The summed E-state index contributed by atoms with van der Waals surface area (Å²) in [5.41, 5.74) is 4.13. The molecule has 1 aliphatic heterocycles. The van der Waals surface area contributed by atoms with Crippen molar-refractivity contribution in [1.29, 1.82) is 0 Å². The molecule has 0 spiro atoms. The molecule has 1 N–H and O–H groups in total. The summed E-state index contributed by atoms with van der Waals surface area (Å²) in [5, 5.41) is 11.1. The van der Waals surface area contributed by atoms with Crippen molar-refractivity contribution in [2.24, 2.45) is 0 Å². The molecule has 25 heavy (non-hydrogen) atoms. The number of ether oxygens (including phenoxy) is 2. The normalized spacial score (nSPS) is 15.5. The highest BCUT2D eigenvalue weighted by atomic mass is 16.5. The van der Waals surface area contributed by atoms with Crippen LogP contribution in [0.4, 0.5) is 5.69 Å². The SMILES string of the molecule is COc1cc(CNc2cccc(-c3nnco3)c2)c2c(c1)C[C@@H](C)O2. The van der Waals surface area contributed by atoms with E-state index < -0.39 is 0 Å². The molecule has 1 atom stereocenters. The summed E-state index contributed by atoms with van der Waals surface area (Å²) in [6.07, 6.45) is 2.43. The lowest BCUT2D eigenvalue weighted by molar-refractivity contribution is 0.252. The molecule has 1 aromatic heterocycles. The molecule has 2 aromatic carbocycles. The van der Waals surface area contributed by atoms with Gasteiger partial charge in [-0.1, -0.05) is 6.07 Å². The summed E-state index contributed by atoms with van der Waals surface area (Å²) >= 11 is 0. The molecule has 0 saturated heterocycles. The fraction of sp³-hybridized carbons (Fsp3) is 0.263. The lowest BCUT2D eigenvalue weighted by Gasteiger charge is -2.13. The van der Waals surface area contributed by atoms with E-state index in [1.165, 1.54) is 12.0 Å². The number of anilines is 1. The van der Waals surface area contributed by atoms with Gasteiger partial charge in [0.1, 0.15) is 17.6 Å². The average Bonchev–Trinajstić information content (AvgIpc) is 3.28. The zero-order valence-electron chi connectivity index (χ0n) is 14.2. The number of nitrogens with one attached hydrogen (secondary N) is 1. The molecule has 6 nitrogen and oxygen atoms in total. The maximum absolute atomic E-state index is 5.98. The van der Waals surface area contributed by atoms with Crippen LogP contribution in [0.3, 0.4) is 0 Å². The lowest BCUT2D eigenvalue weighted by atomic mass is 10.1. The number of methoxy groups -OCH3 is 1. The minimum Gasteiger partial charge on any atom is -0.497 e. The highest BCUT2D eigenvalue weighted by Gasteiger charge is 2.23. The molecule has 1 aliphatic rings. The molecular formula is C19H19N3O3. The Bertz CT molecular complexity index is 878. The molecule has 4 rings (SSSR count). The van der Waals surface area contributed by atoms with Crippen LogP contribution in [0.25, 0.3) is 11.5 Å². The van der Waals surface area contributed by atoms with Crippen molar-refractivity contribution in [2.45, 2.75) is 26.0 Å². The number of nitrogens with zero attached hydrogens (tertiary/aromatic N) is 2. The van der Waals surface area contributed by atoms with E-state index in [1.807, 2.05) is 30.3 Å². The highest BCUT2D eigenvalue weighted by molar-refractivity contribution is 5.61. The third-order valence-corrected chi connectivity index (χ3v) is 4.23. The zero-order valence-corrected chi connectivity index (χ0v) is 14.2. The van der Waals surface area contributed by atoms with Crippen molar-refractivity contribution in [3.8, 4) is 23.0 Å². The van der Waals surface area contributed by atoms with E-state index in [1.54, 1.807) is 7.11 Å². The fourth-order valence-electron chi connectivity index (χ4n) is 3.09. The van der Waals surface area contributed by atoms with Crippen molar-refractivity contribution in [3.05, 3.63) is 53.9 Å². The van der Waals surface area contributed by atoms with Crippen LogP contribution in [-0.2, 0) is 13.0 Å². The van der Waals surface area contributed by atoms with Gasteiger partial charge in [0, 0.05) is 35.3 Å². The van der Waals surface area contributed by atoms with Crippen molar-refractivity contribution in [1.82, 2.24) is 10.2 Å². The van der Waals surface area contributed by atoms with E-state index >= 15 is 0 Å². The molecule has 2 heterocycles. The van der Waals surface area contributed by atoms with Crippen molar-refractivity contribution in [2.75, 3.05) is 12.4 Å². The van der Waals surface area contributed by atoms with Gasteiger partial charge in [-0.25, -0.2) is 0 Å². The average molecular weight is 337 g/mol. The highest BCUT2D eigenvalue weighted by Crippen LogP contribution is 2.36. The maximum atomic E-state index is 5.98. The van der Waals surface area contributed by atoms with E-state index in [2.05, 4.69) is 28.5 Å². The number of rotatable bonds is 5. The van der Waals surface area contributed by atoms with Crippen LogP contribution < -0.4 is 14.8 Å². The van der Waals surface area contributed by atoms with Gasteiger partial charge in [0.25, 0.3) is 0 Å². The number of hydrogen-bond donors (Lipinski definition) is 1. The Morgan fingerprint density at radius 2 is 2.20 bits per heavy atom. The van der Waals surface area contributed by atoms with Crippen LogP contribution in [0.1, 0.15) is 18.1 Å². The zero-order chi connectivity index (χ0) is 17.2. The predicted octanol–water partition coefficient (Wildman–Crippen LogP) is 3.68. The second-order valence-corrected chi connectivity index (χ2v) is 6.09. The van der Waals surface area contributed by atoms with Gasteiger partial charge >= 0.3 is 0 Å². The van der Waals surface area contributed by atoms with Gasteiger partial charge in [-0.15, -0.1) is 10.2 Å². The van der Waals surface area contributed by atoms with Gasteiger partial charge < -0.3 is 19.2 Å². The predicted molar refractivity (Wildman–Crippen MR) is 93.8 cm³/mol. The monoisotopic (exact) mass is 337 g/mol. The first-order valence-electron chi connectivity index (χ1n) is 8.20. The molecule has 0 amide bonds. The number of fused-ring (bicyclic) bond motifs is 1. The first-order chi connectivity index (χ1) is 12.2. The molecule has 0 bridgehead atoms. The Hall–Kier alpha value is -3.02. The van der Waals surface area contributed by atoms with Gasteiger partial charge in [0.15, 0.2) is 0 Å². The van der Waals surface area contributed by atoms with Crippen LogP contribution in [0.15, 0.2) is 47.2 Å². The second-order valence-electron chi connectivity index (χ2n) is 6.09. The third kappa shape index (κ3) is 3.15. The standard InChI is InChI=1S/C19H19N3O3/c1-12-6-14-8-17(23-2)9-15(18(14)25-12)10-20-16-5-3-4-13(7-16)19-22-21-11-24-19/h3-5,7-9,11-12,20H,6,10H2,1-2H3/t12-/m1/s1. The quantitative estimate of drug-likeness (QED) is 0.766. The molecule has 128 valence electrons. The Morgan fingerprint density at radius 1 is 1.28 bits per heavy atom. The molecule has 0 aliphatic carbocycles. The van der Waals surface area contributed by atoms with Crippen LogP contribution in [-0.4, -0.2) is 23.4 Å². The van der Waals surface area contributed by atoms with E-state index in [9.17, 15) is 0 Å². The molecule has 0 fully saturated rings. The summed E-state index contributed by atoms with van der Waals surface area (Å²) in [7, 11) is 1.69. The summed E-state index contributed by atoms with van der Waals surface area (Å²) in [6.45, 7) is 2.72. The van der Waals surface area contributed by atoms with E-state index in [0.29, 0.717) is 12.4 Å². The lowest BCUT2D eigenvalue weighted by Crippen LogP contribution is -2.07. The number of benzene rings is 2. The van der Waals surface area contributed by atoms with Crippen LogP contribution in [0.2, 0.25) is 0 Å². The Morgan fingerprint density at radius 3 is 3.00 bits per heavy atom. The number of aromatic nitrogens is 2. The summed E-state index contributed by atoms with van der Waals surface area (Å²) < 4.78 is 16.7. The minimum atomic E-state index is 0.196. The van der Waals surface area contributed by atoms with Gasteiger partial charge in [-0.2, -0.15) is 0 Å². The summed E-state index contributed by atoms with van der Waals surface area (Å²) in [4.78, 5) is 0. The third-order valence-electron chi connectivity index (χ3n) is 4.23.